The molecule has 0 radical (unpaired) electrons. The van der Waals surface area contributed by atoms with Gasteiger partial charge in [0.1, 0.15) is 41.6 Å². The van der Waals surface area contributed by atoms with Crippen LogP contribution in [0.15, 0.2) is 41.6 Å². The molecule has 0 amide bonds. The van der Waals surface area contributed by atoms with Crippen molar-refractivity contribution in [2.24, 2.45) is 0 Å². The van der Waals surface area contributed by atoms with E-state index in [1.165, 1.54) is 29.8 Å². The SMILES string of the molecule is COC1C(n2cc(-c3cc(F)c(F)c(F)c3)nn2)[C@H]2OCC(O)C2O[C@@H]1Sc1cc(Cl)cnc1C1=CCNCC1. The van der Waals surface area contributed by atoms with Crippen molar-refractivity contribution in [1.82, 2.24) is 25.3 Å². The normalized spacial score (nSPS) is 28.4. The van der Waals surface area contributed by atoms with Gasteiger partial charge in [-0.3, -0.25) is 4.98 Å². The second kappa shape index (κ2) is 11.4. The first-order chi connectivity index (χ1) is 19.3. The summed E-state index contributed by atoms with van der Waals surface area (Å²) in [4.78, 5) is 5.39. The first-order valence-electron chi connectivity index (χ1n) is 12.6. The molecule has 14 heteroatoms. The fraction of sp³-hybridized carbons (Fsp3) is 0.423. The van der Waals surface area contributed by atoms with Crippen LogP contribution in [0.25, 0.3) is 16.8 Å². The number of rotatable bonds is 6. The van der Waals surface area contributed by atoms with Crippen molar-refractivity contribution in [3.8, 4) is 11.3 Å². The quantitative estimate of drug-likeness (QED) is 0.414. The van der Waals surface area contributed by atoms with Crippen LogP contribution in [0, 0.1) is 17.5 Å². The fourth-order valence-electron chi connectivity index (χ4n) is 5.28. The molecule has 2 aromatic heterocycles. The highest BCUT2D eigenvalue weighted by atomic mass is 35.5. The van der Waals surface area contributed by atoms with Crippen molar-refractivity contribution < 1.29 is 32.5 Å². The molecule has 2 saturated heterocycles. The van der Waals surface area contributed by atoms with Crippen molar-refractivity contribution in [1.29, 1.82) is 0 Å². The number of hydrogen-bond donors (Lipinski definition) is 2. The Labute approximate surface area is 236 Å². The van der Waals surface area contributed by atoms with Gasteiger partial charge in [0.15, 0.2) is 17.5 Å². The van der Waals surface area contributed by atoms with E-state index < -0.39 is 53.3 Å². The minimum absolute atomic E-state index is 0.0171. The fourth-order valence-corrected chi connectivity index (χ4v) is 6.83. The van der Waals surface area contributed by atoms with E-state index in [0.29, 0.717) is 5.02 Å². The maximum absolute atomic E-state index is 13.9. The van der Waals surface area contributed by atoms with Crippen LogP contribution in [0.2, 0.25) is 5.02 Å². The molecule has 6 atom stereocenters. The summed E-state index contributed by atoms with van der Waals surface area (Å²) < 4.78 is 61.0. The number of ether oxygens (including phenoxy) is 3. The molecule has 0 spiro atoms. The van der Waals surface area contributed by atoms with Crippen LogP contribution < -0.4 is 5.32 Å². The molecule has 4 unspecified atom stereocenters. The van der Waals surface area contributed by atoms with Gasteiger partial charge in [0, 0.05) is 30.3 Å². The summed E-state index contributed by atoms with van der Waals surface area (Å²) in [6.45, 7) is 1.60. The minimum atomic E-state index is -1.56. The van der Waals surface area contributed by atoms with Gasteiger partial charge in [-0.25, -0.2) is 17.9 Å². The van der Waals surface area contributed by atoms with Crippen molar-refractivity contribution in [3.05, 3.63) is 64.8 Å². The lowest BCUT2D eigenvalue weighted by molar-refractivity contribution is -0.170. The Morgan fingerprint density at radius 3 is 2.73 bits per heavy atom. The number of aromatic nitrogens is 4. The number of hydrogen-bond acceptors (Lipinski definition) is 9. The van der Waals surface area contributed by atoms with Gasteiger partial charge >= 0.3 is 0 Å². The Balaban J connectivity index is 1.35. The molecular formula is C26H25ClF3N5O4S. The van der Waals surface area contributed by atoms with Gasteiger partial charge in [0.25, 0.3) is 0 Å². The summed E-state index contributed by atoms with van der Waals surface area (Å²) in [6, 6.07) is 2.89. The number of halogens is 4. The lowest BCUT2D eigenvalue weighted by Crippen LogP contribution is -2.55. The summed E-state index contributed by atoms with van der Waals surface area (Å²) in [5.74, 6) is -4.23. The monoisotopic (exact) mass is 595 g/mol. The summed E-state index contributed by atoms with van der Waals surface area (Å²) >= 11 is 7.70. The lowest BCUT2D eigenvalue weighted by Gasteiger charge is -2.43. The molecule has 40 heavy (non-hydrogen) atoms. The number of nitrogens with one attached hydrogen (secondary N) is 1. The molecule has 1 aromatic carbocycles. The lowest BCUT2D eigenvalue weighted by atomic mass is 9.96. The second-order valence-electron chi connectivity index (χ2n) is 9.66. The number of nitrogens with zero attached hydrogens (tertiary/aromatic N) is 4. The van der Waals surface area contributed by atoms with E-state index in [9.17, 15) is 18.3 Å². The Morgan fingerprint density at radius 1 is 1.20 bits per heavy atom. The molecule has 3 aromatic rings. The summed E-state index contributed by atoms with van der Waals surface area (Å²) in [6.07, 6.45) is 3.03. The van der Waals surface area contributed by atoms with Crippen LogP contribution in [0.1, 0.15) is 18.2 Å². The molecule has 3 aliphatic rings. The largest absolute Gasteiger partial charge is 0.388 e. The maximum atomic E-state index is 13.9. The number of thioether (sulfide) groups is 1. The Morgan fingerprint density at radius 2 is 2.00 bits per heavy atom. The molecule has 0 bridgehead atoms. The molecule has 212 valence electrons. The van der Waals surface area contributed by atoms with E-state index in [0.717, 1.165) is 47.8 Å². The van der Waals surface area contributed by atoms with Gasteiger partial charge in [-0.1, -0.05) is 34.7 Å². The molecule has 6 rings (SSSR count). The zero-order valence-electron chi connectivity index (χ0n) is 21.1. The van der Waals surface area contributed by atoms with Gasteiger partial charge < -0.3 is 24.6 Å². The highest BCUT2D eigenvalue weighted by molar-refractivity contribution is 7.99. The molecular weight excluding hydrogens is 571 g/mol. The van der Waals surface area contributed by atoms with E-state index in [-0.39, 0.29) is 17.9 Å². The Bertz CT molecular complexity index is 1420. The summed E-state index contributed by atoms with van der Waals surface area (Å²) in [5, 5.41) is 22.7. The average molecular weight is 596 g/mol. The first kappa shape index (κ1) is 27.6. The van der Waals surface area contributed by atoms with Crippen molar-refractivity contribution in [3.63, 3.8) is 0 Å². The molecule has 0 saturated carbocycles. The van der Waals surface area contributed by atoms with E-state index >= 15 is 0 Å². The van der Waals surface area contributed by atoms with Crippen molar-refractivity contribution in [2.75, 3.05) is 26.8 Å². The Kier molecular flexibility index (Phi) is 7.87. The second-order valence-corrected chi connectivity index (χ2v) is 11.2. The van der Waals surface area contributed by atoms with E-state index in [2.05, 4.69) is 26.7 Å². The molecule has 0 aliphatic carbocycles. The number of fused-ring (bicyclic) bond motifs is 1. The van der Waals surface area contributed by atoms with Crippen LogP contribution in [0.4, 0.5) is 13.2 Å². The third-order valence-corrected chi connectivity index (χ3v) is 8.58. The number of aliphatic hydroxyl groups excluding tert-OH is 1. The molecule has 9 nitrogen and oxygen atoms in total. The number of methoxy groups -OCH3 is 1. The van der Waals surface area contributed by atoms with Crippen LogP contribution in [0.5, 0.6) is 0 Å². The van der Waals surface area contributed by atoms with Gasteiger partial charge in [0.2, 0.25) is 0 Å². The van der Waals surface area contributed by atoms with Crippen LogP contribution in [0.3, 0.4) is 0 Å². The molecule has 3 aliphatic heterocycles. The number of aliphatic hydroxyl groups is 1. The first-order valence-corrected chi connectivity index (χ1v) is 13.9. The van der Waals surface area contributed by atoms with Crippen LogP contribution in [-0.2, 0) is 14.2 Å². The zero-order chi connectivity index (χ0) is 28.0. The van der Waals surface area contributed by atoms with E-state index in [1.54, 1.807) is 6.20 Å². The number of pyridine rings is 1. The third kappa shape index (κ3) is 5.15. The van der Waals surface area contributed by atoms with Gasteiger partial charge in [0.05, 0.1) is 23.5 Å². The average Bonchev–Trinajstić information content (AvgIpc) is 3.58. The highest BCUT2D eigenvalue weighted by Gasteiger charge is 2.54. The standard InChI is InChI=1S/C26H25ClF3N5O4S/c1-37-25-22(35-10-17(33-34-35)13-6-15(28)20(30)16(29)7-13)24-23(18(36)11-38-24)39-26(25)40-19-8-14(27)9-32-21(19)12-2-4-31-5-3-12/h2,6-10,18,22-26,31,36H,3-5,11H2,1H3/t18?,22?,23?,24-,25?,26-/m1/s1. The summed E-state index contributed by atoms with van der Waals surface area (Å²) in [7, 11) is 1.52. The topological polar surface area (TPSA) is 104 Å². The van der Waals surface area contributed by atoms with E-state index in [1.807, 2.05) is 6.07 Å². The minimum Gasteiger partial charge on any atom is -0.388 e. The van der Waals surface area contributed by atoms with Gasteiger partial charge in [-0.15, -0.1) is 5.10 Å². The molecule has 2 N–H and O–H groups in total. The Hall–Kier alpha value is -2.52. The van der Waals surface area contributed by atoms with Crippen molar-refractivity contribution in [2.45, 2.75) is 47.2 Å². The zero-order valence-corrected chi connectivity index (χ0v) is 22.7. The predicted octanol–water partition coefficient (Wildman–Crippen LogP) is 3.62. The predicted molar refractivity (Wildman–Crippen MR) is 140 cm³/mol. The van der Waals surface area contributed by atoms with Crippen molar-refractivity contribution >= 4 is 28.9 Å². The molecule has 5 heterocycles. The van der Waals surface area contributed by atoms with Crippen LogP contribution >= 0.6 is 23.4 Å². The van der Waals surface area contributed by atoms with E-state index in [4.69, 9.17) is 25.8 Å². The smallest absolute Gasteiger partial charge is 0.194 e. The van der Waals surface area contributed by atoms with Gasteiger partial charge in [-0.05, 0) is 36.7 Å². The van der Waals surface area contributed by atoms with Gasteiger partial charge in [-0.2, -0.15) is 0 Å². The molecule has 2 fully saturated rings. The van der Waals surface area contributed by atoms with Crippen LogP contribution in [-0.4, -0.2) is 81.7 Å². The maximum Gasteiger partial charge on any atom is 0.194 e. The number of benzene rings is 1. The highest BCUT2D eigenvalue weighted by Crippen LogP contribution is 2.45. The third-order valence-electron chi connectivity index (χ3n) is 7.19. The summed E-state index contributed by atoms with van der Waals surface area (Å²) in [5.41, 5.74) is 1.36.